The normalized spacial score (nSPS) is 15.0. The number of carbonyl (C=O) groups is 1. The smallest absolute Gasteiger partial charge is 0.236 e. The third-order valence-electron chi connectivity index (χ3n) is 3.99. The Morgan fingerprint density at radius 1 is 1.21 bits per heavy atom. The highest BCUT2D eigenvalue weighted by atomic mass is 79.9. The molecule has 4 nitrogen and oxygen atoms in total. The summed E-state index contributed by atoms with van der Waals surface area (Å²) >= 11 is 5.25. The fraction of sp³-hybridized carbons (Fsp3) is 0.389. The van der Waals surface area contributed by atoms with Crippen LogP contribution in [0.3, 0.4) is 0 Å². The molecule has 0 bridgehead atoms. The molecule has 1 aliphatic rings. The Bertz CT molecular complexity index is 681. The molecular weight excluding hydrogens is 388 g/mol. The number of morpholine rings is 1. The lowest BCUT2D eigenvalue weighted by Gasteiger charge is -2.28. The third kappa shape index (κ3) is 4.66. The van der Waals surface area contributed by atoms with Crippen LogP contribution in [-0.2, 0) is 16.1 Å². The largest absolute Gasteiger partial charge is 0.378 e. The fourth-order valence-corrected chi connectivity index (χ4v) is 4.06. The van der Waals surface area contributed by atoms with Crippen molar-refractivity contribution in [2.45, 2.75) is 6.54 Å². The predicted octanol–water partition coefficient (Wildman–Crippen LogP) is 3.47. The number of hydrogen-bond donors (Lipinski definition) is 0. The Balaban J connectivity index is 1.55. The molecule has 24 heavy (non-hydrogen) atoms. The van der Waals surface area contributed by atoms with Crippen molar-refractivity contribution in [3.63, 3.8) is 0 Å². The summed E-state index contributed by atoms with van der Waals surface area (Å²) in [5.74, 6) is 0.186. The number of rotatable bonds is 5. The number of benzene rings is 1. The van der Waals surface area contributed by atoms with Gasteiger partial charge in [-0.25, -0.2) is 0 Å². The van der Waals surface area contributed by atoms with Crippen LogP contribution in [0.1, 0.15) is 4.88 Å². The van der Waals surface area contributed by atoms with Crippen molar-refractivity contribution >= 4 is 33.2 Å². The zero-order valence-electron chi connectivity index (χ0n) is 13.7. The lowest BCUT2D eigenvalue weighted by molar-refractivity contribution is -0.136. The van der Waals surface area contributed by atoms with Gasteiger partial charge in [-0.1, -0.05) is 28.1 Å². The lowest BCUT2D eigenvalue weighted by Crippen LogP contribution is -2.44. The molecule has 0 spiro atoms. The first-order valence-corrected chi connectivity index (χ1v) is 9.61. The monoisotopic (exact) mass is 408 g/mol. The van der Waals surface area contributed by atoms with Crippen LogP contribution in [0.4, 0.5) is 0 Å². The Hall–Kier alpha value is -1.21. The highest BCUT2D eigenvalue weighted by molar-refractivity contribution is 9.10. The van der Waals surface area contributed by atoms with Gasteiger partial charge in [0.15, 0.2) is 0 Å². The van der Waals surface area contributed by atoms with E-state index in [0.717, 1.165) is 11.0 Å². The molecule has 1 amide bonds. The molecule has 1 aliphatic heterocycles. The van der Waals surface area contributed by atoms with E-state index in [1.54, 1.807) is 11.3 Å². The number of ether oxygens (including phenoxy) is 1. The van der Waals surface area contributed by atoms with Crippen LogP contribution in [0.5, 0.6) is 0 Å². The summed E-state index contributed by atoms with van der Waals surface area (Å²) in [7, 11) is 2.00. The van der Waals surface area contributed by atoms with Gasteiger partial charge in [-0.2, -0.15) is 0 Å². The number of nitrogens with zero attached hydrogens (tertiary/aromatic N) is 2. The molecule has 0 saturated carbocycles. The Morgan fingerprint density at radius 2 is 1.92 bits per heavy atom. The van der Waals surface area contributed by atoms with E-state index in [4.69, 9.17) is 4.74 Å². The number of carbonyl (C=O) groups excluding carboxylic acids is 1. The van der Waals surface area contributed by atoms with E-state index in [9.17, 15) is 4.79 Å². The maximum absolute atomic E-state index is 12.3. The van der Waals surface area contributed by atoms with Crippen LogP contribution in [0.2, 0.25) is 0 Å². The molecule has 128 valence electrons. The van der Waals surface area contributed by atoms with E-state index in [1.165, 1.54) is 15.3 Å². The number of thiophene rings is 1. The first kappa shape index (κ1) is 17.6. The summed E-state index contributed by atoms with van der Waals surface area (Å²) in [4.78, 5) is 18.8. The van der Waals surface area contributed by atoms with E-state index in [0.29, 0.717) is 32.8 Å². The molecule has 1 saturated heterocycles. The molecule has 2 heterocycles. The second kappa shape index (κ2) is 8.25. The third-order valence-corrected chi connectivity index (χ3v) is 5.63. The van der Waals surface area contributed by atoms with E-state index >= 15 is 0 Å². The van der Waals surface area contributed by atoms with Crippen molar-refractivity contribution in [2.24, 2.45) is 0 Å². The van der Waals surface area contributed by atoms with E-state index < -0.39 is 0 Å². The van der Waals surface area contributed by atoms with Crippen molar-refractivity contribution in [2.75, 3.05) is 39.9 Å². The molecule has 0 unspecified atom stereocenters. The lowest BCUT2D eigenvalue weighted by atomic mass is 10.2. The molecule has 3 rings (SSSR count). The molecule has 0 aliphatic carbocycles. The predicted molar refractivity (Wildman–Crippen MR) is 101 cm³/mol. The van der Waals surface area contributed by atoms with Gasteiger partial charge in [0.1, 0.15) is 0 Å². The van der Waals surface area contributed by atoms with E-state index in [-0.39, 0.29) is 5.91 Å². The van der Waals surface area contributed by atoms with E-state index in [2.05, 4.69) is 57.2 Å². The molecule has 1 aromatic carbocycles. The first-order chi connectivity index (χ1) is 11.6. The van der Waals surface area contributed by atoms with Crippen LogP contribution in [0.15, 0.2) is 40.9 Å². The minimum absolute atomic E-state index is 0.186. The second-order valence-corrected chi connectivity index (χ2v) is 8.02. The van der Waals surface area contributed by atoms with Crippen LogP contribution < -0.4 is 0 Å². The minimum Gasteiger partial charge on any atom is -0.378 e. The van der Waals surface area contributed by atoms with Crippen molar-refractivity contribution in [3.05, 3.63) is 45.7 Å². The quantitative estimate of drug-likeness (QED) is 0.758. The van der Waals surface area contributed by atoms with Gasteiger partial charge in [-0.3, -0.25) is 9.69 Å². The highest BCUT2D eigenvalue weighted by Crippen LogP contribution is 2.29. The molecule has 0 radical (unpaired) electrons. The zero-order valence-corrected chi connectivity index (χ0v) is 16.1. The van der Waals surface area contributed by atoms with Crippen LogP contribution in [0.25, 0.3) is 10.4 Å². The Labute approximate surface area is 155 Å². The molecule has 6 heteroatoms. The van der Waals surface area contributed by atoms with Crippen LogP contribution >= 0.6 is 27.3 Å². The SMILES string of the molecule is CN(CC(=O)N1CCOCC1)Cc1ccc(-c2ccc(Br)cc2)s1. The number of amides is 1. The summed E-state index contributed by atoms with van der Waals surface area (Å²) in [6.45, 7) is 3.95. The van der Waals surface area contributed by atoms with Gasteiger partial charge < -0.3 is 9.64 Å². The molecule has 0 atom stereocenters. The first-order valence-electron chi connectivity index (χ1n) is 8.00. The summed E-state index contributed by atoms with van der Waals surface area (Å²) in [6, 6.07) is 12.7. The average molecular weight is 409 g/mol. The molecule has 0 N–H and O–H groups in total. The van der Waals surface area contributed by atoms with Gasteiger partial charge in [0, 0.05) is 33.9 Å². The fourth-order valence-electron chi connectivity index (χ4n) is 2.70. The van der Waals surface area contributed by atoms with Crippen molar-refractivity contribution in [1.82, 2.24) is 9.80 Å². The second-order valence-electron chi connectivity index (χ2n) is 5.94. The maximum atomic E-state index is 12.3. The summed E-state index contributed by atoms with van der Waals surface area (Å²) < 4.78 is 6.38. The molecule has 1 fully saturated rings. The van der Waals surface area contributed by atoms with Gasteiger partial charge in [-0.05, 0) is 36.9 Å². The van der Waals surface area contributed by atoms with Gasteiger partial charge in [-0.15, -0.1) is 11.3 Å². The highest BCUT2D eigenvalue weighted by Gasteiger charge is 2.18. The maximum Gasteiger partial charge on any atom is 0.236 e. The summed E-state index contributed by atoms with van der Waals surface area (Å²) in [5.41, 5.74) is 1.22. The number of likely N-dealkylation sites (N-methyl/N-ethyl adjacent to an activating group) is 1. The van der Waals surface area contributed by atoms with Gasteiger partial charge in [0.05, 0.1) is 19.8 Å². The van der Waals surface area contributed by atoms with Gasteiger partial charge in [0.2, 0.25) is 5.91 Å². The van der Waals surface area contributed by atoms with E-state index in [1.807, 2.05) is 11.9 Å². The Morgan fingerprint density at radius 3 is 2.62 bits per heavy atom. The van der Waals surface area contributed by atoms with Crippen molar-refractivity contribution < 1.29 is 9.53 Å². The van der Waals surface area contributed by atoms with Crippen LogP contribution in [-0.4, -0.2) is 55.6 Å². The topological polar surface area (TPSA) is 32.8 Å². The molecular formula is C18H21BrN2O2S. The van der Waals surface area contributed by atoms with Gasteiger partial charge >= 0.3 is 0 Å². The minimum atomic E-state index is 0.186. The zero-order chi connectivity index (χ0) is 16.9. The molecule has 1 aromatic heterocycles. The average Bonchev–Trinajstić information content (AvgIpc) is 3.04. The van der Waals surface area contributed by atoms with Crippen molar-refractivity contribution in [1.29, 1.82) is 0 Å². The van der Waals surface area contributed by atoms with Gasteiger partial charge in [0.25, 0.3) is 0 Å². The number of halogens is 1. The van der Waals surface area contributed by atoms with Crippen molar-refractivity contribution in [3.8, 4) is 10.4 Å². The number of hydrogen-bond acceptors (Lipinski definition) is 4. The van der Waals surface area contributed by atoms with Crippen LogP contribution in [0, 0.1) is 0 Å². The standard InChI is InChI=1S/C18H21BrN2O2S/c1-20(13-18(22)21-8-10-23-11-9-21)12-16-6-7-17(24-16)14-2-4-15(19)5-3-14/h2-7H,8-13H2,1H3. The summed E-state index contributed by atoms with van der Waals surface area (Å²) in [6.07, 6.45) is 0. The Kier molecular flexibility index (Phi) is 6.05. The molecule has 2 aromatic rings. The summed E-state index contributed by atoms with van der Waals surface area (Å²) in [5, 5.41) is 0.